The molecule has 134 valence electrons. The maximum Gasteiger partial charge on any atom is 0.347 e. The summed E-state index contributed by atoms with van der Waals surface area (Å²) in [6.07, 6.45) is 1.93. The van der Waals surface area contributed by atoms with E-state index in [-0.39, 0.29) is 0 Å². The molecule has 0 aliphatic heterocycles. The van der Waals surface area contributed by atoms with Crippen molar-refractivity contribution in [3.63, 3.8) is 0 Å². The molecular weight excluding hydrogens is 340 g/mol. The minimum Gasteiger partial charge on any atom is -0.479 e. The monoisotopic (exact) mass is 358 g/mol. The zero-order valence-corrected chi connectivity index (χ0v) is 14.8. The molecule has 2 atom stereocenters. The Morgan fingerprint density at radius 1 is 1.00 bits per heavy atom. The quantitative estimate of drug-likeness (QED) is 0.622. The molecule has 3 rings (SSSR count). The van der Waals surface area contributed by atoms with Crippen LogP contribution < -0.4 is 4.74 Å². The van der Waals surface area contributed by atoms with Crippen LogP contribution in [0.1, 0.15) is 29.7 Å². The third-order valence-corrected chi connectivity index (χ3v) is 3.95. The molecule has 0 aliphatic carbocycles. The Morgan fingerprint density at radius 2 is 1.70 bits per heavy atom. The number of carbonyl (C=O) groups excluding carboxylic acids is 1. The smallest absolute Gasteiger partial charge is 0.347 e. The van der Waals surface area contributed by atoms with Crippen LogP contribution in [-0.4, -0.2) is 17.1 Å². The summed E-state index contributed by atoms with van der Waals surface area (Å²) in [5, 5.41) is 8.97. The first-order chi connectivity index (χ1) is 13.2. The highest BCUT2D eigenvalue weighted by atomic mass is 16.6. The van der Waals surface area contributed by atoms with E-state index in [9.17, 15) is 4.79 Å². The summed E-state index contributed by atoms with van der Waals surface area (Å²) >= 11 is 0. The van der Waals surface area contributed by atoms with E-state index in [2.05, 4.69) is 4.98 Å². The van der Waals surface area contributed by atoms with E-state index < -0.39 is 18.2 Å². The minimum atomic E-state index is -0.827. The topological polar surface area (TPSA) is 72.2 Å². The molecule has 27 heavy (non-hydrogen) atoms. The third kappa shape index (κ3) is 4.71. The summed E-state index contributed by atoms with van der Waals surface area (Å²) in [5.41, 5.74) is 2.14. The van der Waals surface area contributed by atoms with Crippen molar-refractivity contribution in [1.29, 1.82) is 5.26 Å². The second-order valence-electron chi connectivity index (χ2n) is 5.91. The maximum atomic E-state index is 12.6. The van der Waals surface area contributed by atoms with Crippen LogP contribution in [0, 0.1) is 11.3 Å². The normalized spacial score (nSPS) is 12.4. The molecule has 5 nitrogen and oxygen atoms in total. The molecule has 5 heteroatoms. The van der Waals surface area contributed by atoms with Gasteiger partial charge < -0.3 is 9.47 Å². The number of ether oxygens (including phenoxy) is 2. The average molecular weight is 358 g/mol. The first-order valence-corrected chi connectivity index (χ1v) is 8.49. The van der Waals surface area contributed by atoms with Crippen molar-refractivity contribution >= 4 is 5.97 Å². The van der Waals surface area contributed by atoms with Gasteiger partial charge in [0.25, 0.3) is 0 Å². The van der Waals surface area contributed by atoms with E-state index in [1.54, 1.807) is 43.6 Å². The van der Waals surface area contributed by atoms with Gasteiger partial charge in [0.15, 0.2) is 12.2 Å². The van der Waals surface area contributed by atoms with Crippen LogP contribution in [0.2, 0.25) is 0 Å². The number of hydrogen-bond acceptors (Lipinski definition) is 5. The zero-order valence-electron chi connectivity index (χ0n) is 14.8. The predicted molar refractivity (Wildman–Crippen MR) is 99.9 cm³/mol. The van der Waals surface area contributed by atoms with Gasteiger partial charge in [0.2, 0.25) is 0 Å². The van der Waals surface area contributed by atoms with E-state index >= 15 is 0 Å². The number of carbonyl (C=O) groups is 1. The molecule has 2 unspecified atom stereocenters. The van der Waals surface area contributed by atoms with Gasteiger partial charge in [-0.05, 0) is 42.8 Å². The number of esters is 1. The van der Waals surface area contributed by atoms with Crippen LogP contribution in [-0.2, 0) is 9.53 Å². The SMILES string of the molecule is CC(Oc1cccc(C#N)c1)C(=O)OC(c1ccccc1)c1ccncc1. The van der Waals surface area contributed by atoms with Crippen molar-refractivity contribution in [2.24, 2.45) is 0 Å². The van der Waals surface area contributed by atoms with Crippen molar-refractivity contribution in [3.8, 4) is 11.8 Å². The van der Waals surface area contributed by atoms with E-state index in [4.69, 9.17) is 14.7 Å². The second kappa shape index (κ2) is 8.63. The molecule has 0 N–H and O–H groups in total. The van der Waals surface area contributed by atoms with Crippen molar-refractivity contribution in [3.05, 3.63) is 95.8 Å². The van der Waals surface area contributed by atoms with E-state index in [0.29, 0.717) is 11.3 Å². The fourth-order valence-corrected chi connectivity index (χ4v) is 2.60. The minimum absolute atomic E-state index is 0.443. The van der Waals surface area contributed by atoms with Gasteiger partial charge in [0.05, 0.1) is 11.6 Å². The van der Waals surface area contributed by atoms with Gasteiger partial charge in [0.1, 0.15) is 5.75 Å². The van der Waals surface area contributed by atoms with E-state index in [1.807, 2.05) is 48.5 Å². The summed E-state index contributed by atoms with van der Waals surface area (Å²) in [6, 6.07) is 21.8. The summed E-state index contributed by atoms with van der Waals surface area (Å²) < 4.78 is 11.4. The number of nitriles is 1. The molecule has 1 heterocycles. The van der Waals surface area contributed by atoms with Crippen molar-refractivity contribution in [2.75, 3.05) is 0 Å². The molecule has 0 spiro atoms. The van der Waals surface area contributed by atoms with Crippen molar-refractivity contribution in [1.82, 2.24) is 4.98 Å². The third-order valence-electron chi connectivity index (χ3n) is 3.95. The fraction of sp³-hybridized carbons (Fsp3) is 0.136. The standard InChI is InChI=1S/C22H18N2O3/c1-16(26-20-9-5-6-17(14-20)15-23)22(25)27-21(18-7-3-2-4-8-18)19-10-12-24-13-11-19/h2-14,16,21H,1H3. The van der Waals surface area contributed by atoms with Crippen molar-refractivity contribution < 1.29 is 14.3 Å². The second-order valence-corrected chi connectivity index (χ2v) is 5.91. The number of rotatable bonds is 6. The number of pyridine rings is 1. The molecule has 0 bridgehead atoms. The van der Waals surface area contributed by atoms with Crippen molar-refractivity contribution in [2.45, 2.75) is 19.1 Å². The summed E-state index contributed by atoms with van der Waals surface area (Å²) in [4.78, 5) is 16.6. The largest absolute Gasteiger partial charge is 0.479 e. The number of benzene rings is 2. The molecular formula is C22H18N2O3. The van der Waals surface area contributed by atoms with Gasteiger partial charge in [-0.3, -0.25) is 4.98 Å². The Bertz CT molecular complexity index is 897. The van der Waals surface area contributed by atoms with Crippen LogP contribution in [0.15, 0.2) is 79.1 Å². The number of aromatic nitrogens is 1. The Kier molecular flexibility index (Phi) is 5.80. The van der Waals surface area contributed by atoms with Crippen LogP contribution in [0.25, 0.3) is 0 Å². The molecule has 2 aromatic carbocycles. The van der Waals surface area contributed by atoms with Crippen LogP contribution in [0.4, 0.5) is 0 Å². The molecule has 0 aliphatic rings. The first-order valence-electron chi connectivity index (χ1n) is 8.49. The Morgan fingerprint density at radius 3 is 2.41 bits per heavy atom. The van der Waals surface area contributed by atoms with Gasteiger partial charge >= 0.3 is 5.97 Å². The molecule has 0 amide bonds. The van der Waals surface area contributed by atoms with Crippen LogP contribution >= 0.6 is 0 Å². The summed E-state index contributed by atoms with van der Waals surface area (Å²) in [5.74, 6) is -0.0540. The molecule has 0 saturated carbocycles. The molecule has 0 radical (unpaired) electrons. The fourth-order valence-electron chi connectivity index (χ4n) is 2.60. The highest BCUT2D eigenvalue weighted by molar-refractivity contribution is 5.75. The lowest BCUT2D eigenvalue weighted by Crippen LogP contribution is -2.28. The Labute approximate surface area is 157 Å². The van der Waals surface area contributed by atoms with Gasteiger partial charge in [-0.15, -0.1) is 0 Å². The van der Waals surface area contributed by atoms with Gasteiger partial charge in [-0.2, -0.15) is 5.26 Å². The molecule has 0 fully saturated rings. The van der Waals surface area contributed by atoms with Gasteiger partial charge in [0, 0.05) is 18.0 Å². The summed E-state index contributed by atoms with van der Waals surface area (Å²) in [7, 11) is 0. The highest BCUT2D eigenvalue weighted by Gasteiger charge is 2.24. The number of hydrogen-bond donors (Lipinski definition) is 0. The van der Waals surface area contributed by atoms with Crippen LogP contribution in [0.3, 0.4) is 0 Å². The highest BCUT2D eigenvalue weighted by Crippen LogP contribution is 2.26. The number of nitrogens with zero attached hydrogens (tertiary/aromatic N) is 2. The van der Waals surface area contributed by atoms with Gasteiger partial charge in [-0.1, -0.05) is 36.4 Å². The van der Waals surface area contributed by atoms with E-state index in [0.717, 1.165) is 11.1 Å². The zero-order chi connectivity index (χ0) is 19.1. The molecule has 1 aromatic heterocycles. The Hall–Kier alpha value is -3.65. The molecule has 0 saturated heterocycles. The Balaban J connectivity index is 1.77. The maximum absolute atomic E-state index is 12.6. The van der Waals surface area contributed by atoms with Crippen LogP contribution in [0.5, 0.6) is 5.75 Å². The first kappa shape index (κ1) is 18.2. The lowest BCUT2D eigenvalue weighted by atomic mass is 10.0. The average Bonchev–Trinajstić information content (AvgIpc) is 2.73. The lowest BCUT2D eigenvalue weighted by molar-refractivity contribution is -0.155. The lowest BCUT2D eigenvalue weighted by Gasteiger charge is -2.21. The predicted octanol–water partition coefficient (Wildman–Crippen LogP) is 4.05. The van der Waals surface area contributed by atoms with Gasteiger partial charge in [-0.25, -0.2) is 4.79 Å². The van der Waals surface area contributed by atoms with E-state index in [1.165, 1.54) is 0 Å². The molecule has 3 aromatic rings. The summed E-state index contributed by atoms with van der Waals surface area (Å²) in [6.45, 7) is 1.62.